The Balaban J connectivity index is 1.22. The Labute approximate surface area is 243 Å². The second-order valence-corrected chi connectivity index (χ2v) is 13.2. The van der Waals surface area contributed by atoms with Crippen LogP contribution < -0.4 is 0 Å². The highest BCUT2D eigenvalue weighted by Crippen LogP contribution is 2.68. The molecule has 4 aliphatic carbocycles. The third-order valence-corrected chi connectivity index (χ3v) is 11.3. The molecule has 0 bridgehead atoms. The van der Waals surface area contributed by atoms with Crippen molar-refractivity contribution < 1.29 is 28.2 Å². The molecule has 41 heavy (non-hydrogen) atoms. The number of hydrogen-bond acceptors (Lipinski definition) is 6. The van der Waals surface area contributed by atoms with Gasteiger partial charge in [-0.1, -0.05) is 19.4 Å². The van der Waals surface area contributed by atoms with Gasteiger partial charge < -0.3 is 14.3 Å². The average Bonchev–Trinajstić information content (AvgIpc) is 3.66. The van der Waals surface area contributed by atoms with Crippen LogP contribution in [0.25, 0.3) is 11.8 Å². The third kappa shape index (κ3) is 3.70. The van der Waals surface area contributed by atoms with E-state index in [2.05, 4.69) is 30.7 Å². The van der Waals surface area contributed by atoms with Crippen LogP contribution in [0.3, 0.4) is 0 Å². The molecule has 0 amide bonds. The van der Waals surface area contributed by atoms with Gasteiger partial charge in [0, 0.05) is 5.41 Å². The lowest BCUT2D eigenvalue weighted by atomic mass is 9.45. The van der Waals surface area contributed by atoms with E-state index in [0.717, 1.165) is 36.2 Å². The van der Waals surface area contributed by atoms with Gasteiger partial charge in [0.1, 0.15) is 5.82 Å². The predicted molar refractivity (Wildman–Crippen MR) is 152 cm³/mol. The van der Waals surface area contributed by atoms with E-state index in [0.29, 0.717) is 19.3 Å². The van der Waals surface area contributed by atoms with Gasteiger partial charge in [0.15, 0.2) is 5.60 Å². The molecule has 1 N–H and O–H groups in total. The first-order valence-electron chi connectivity index (χ1n) is 14.3. The second-order valence-electron chi connectivity index (χ2n) is 12.8. The molecular formula is C32H33FN2O5S. The molecule has 0 unspecified atom stereocenters. The topological polar surface area (TPSA) is 94.6 Å². The van der Waals surface area contributed by atoms with E-state index in [9.17, 15) is 19.1 Å². The zero-order chi connectivity index (χ0) is 28.7. The number of thiol groups is 1. The van der Waals surface area contributed by atoms with Crippen LogP contribution in [0, 0.1) is 34.4 Å². The van der Waals surface area contributed by atoms with Crippen LogP contribution in [0.15, 0.2) is 58.8 Å². The summed E-state index contributed by atoms with van der Waals surface area (Å²) in [5, 5.41) is 16.1. The fraction of sp³-hybridized carbons (Fsp3) is 0.469. The Hall–Kier alpha value is -3.17. The van der Waals surface area contributed by atoms with Gasteiger partial charge in [-0.25, -0.2) is 13.9 Å². The van der Waals surface area contributed by atoms with E-state index in [-0.39, 0.29) is 34.7 Å². The highest BCUT2D eigenvalue weighted by atomic mass is 32.1. The van der Waals surface area contributed by atoms with Crippen LogP contribution >= 0.6 is 12.6 Å². The van der Waals surface area contributed by atoms with Gasteiger partial charge in [-0.2, -0.15) is 5.10 Å². The minimum Gasteiger partial charge on any atom is -0.457 e. The zero-order valence-electron chi connectivity index (χ0n) is 23.0. The molecule has 3 fully saturated rings. The monoisotopic (exact) mass is 576 g/mol. The van der Waals surface area contributed by atoms with Crippen molar-refractivity contribution in [3.63, 3.8) is 0 Å². The summed E-state index contributed by atoms with van der Waals surface area (Å²) in [5.74, 6) is -0.721. The standard InChI is InChI=1S/C32H33FN2O5S/c1-30-15-18-17-34-35(21-8-6-20(33)7-9-21)24(18)14-19(30)5-10-22-23-11-12-32(29(38)41,31(23,2)16-25(36)27(22)30)40-28(37)26-4-3-13-39-26/h3-4,6-9,13-14,17,22-23,25,27,36H,5,10-12,15-16H2,1-2H3,(H,38,41)/t22-,23-,25-,27+,30-,31-,32-/m0/s1. The number of rotatable bonds is 4. The number of fused-ring (bicyclic) bond motifs is 6. The molecular weight excluding hydrogens is 543 g/mol. The minimum atomic E-state index is -1.44. The number of hydrogen-bond donors (Lipinski definition) is 2. The highest BCUT2D eigenvalue weighted by molar-refractivity contribution is 7.96. The number of aromatic nitrogens is 2. The van der Waals surface area contributed by atoms with E-state index >= 15 is 0 Å². The van der Waals surface area contributed by atoms with E-state index < -0.39 is 28.2 Å². The summed E-state index contributed by atoms with van der Waals surface area (Å²) in [7, 11) is 0. The van der Waals surface area contributed by atoms with Gasteiger partial charge >= 0.3 is 5.97 Å². The van der Waals surface area contributed by atoms with Gasteiger partial charge in [-0.3, -0.25) is 4.79 Å². The van der Waals surface area contributed by atoms with Crippen LogP contribution in [0.2, 0.25) is 0 Å². The lowest BCUT2D eigenvalue weighted by Gasteiger charge is -2.60. The summed E-state index contributed by atoms with van der Waals surface area (Å²) in [6.07, 6.45) is 8.68. The van der Waals surface area contributed by atoms with Gasteiger partial charge in [0.25, 0.3) is 0 Å². The van der Waals surface area contributed by atoms with Gasteiger partial charge in [0.2, 0.25) is 10.9 Å². The first-order chi connectivity index (χ1) is 19.6. The van der Waals surface area contributed by atoms with Gasteiger partial charge in [-0.15, -0.1) is 12.6 Å². The number of aliphatic hydroxyl groups is 1. The third-order valence-electron chi connectivity index (χ3n) is 11.0. The maximum Gasteiger partial charge on any atom is 0.375 e. The summed E-state index contributed by atoms with van der Waals surface area (Å²) < 4.78 is 26.7. The molecule has 7 nitrogen and oxygen atoms in total. The second kappa shape index (κ2) is 9.16. The first-order valence-corrected chi connectivity index (χ1v) is 14.7. The number of aliphatic hydroxyl groups excluding tert-OH is 1. The molecule has 7 rings (SSSR count). The quantitative estimate of drug-likeness (QED) is 0.301. The molecule has 2 aromatic heterocycles. The largest absolute Gasteiger partial charge is 0.457 e. The van der Waals surface area contributed by atoms with Crippen molar-refractivity contribution in [3.8, 4) is 5.69 Å². The molecule has 4 aliphatic rings. The maximum atomic E-state index is 13.6. The zero-order valence-corrected chi connectivity index (χ0v) is 23.9. The Morgan fingerprint density at radius 3 is 2.68 bits per heavy atom. The van der Waals surface area contributed by atoms with Crippen molar-refractivity contribution >= 4 is 29.8 Å². The van der Waals surface area contributed by atoms with Crippen molar-refractivity contribution in [1.29, 1.82) is 0 Å². The molecule has 0 spiro atoms. The Morgan fingerprint density at radius 2 is 1.98 bits per heavy atom. The summed E-state index contributed by atoms with van der Waals surface area (Å²) >= 11 is 4.26. The minimum absolute atomic E-state index is 0.0190. The molecule has 1 aromatic carbocycles. The molecule has 2 heterocycles. The average molecular weight is 577 g/mol. The number of carbonyl (C=O) groups excluding carboxylic acids is 2. The highest BCUT2D eigenvalue weighted by Gasteiger charge is 2.70. The summed E-state index contributed by atoms with van der Waals surface area (Å²) in [6.45, 7) is 4.25. The van der Waals surface area contributed by atoms with E-state index in [1.807, 2.05) is 17.8 Å². The van der Waals surface area contributed by atoms with Crippen molar-refractivity contribution in [1.82, 2.24) is 9.78 Å². The van der Waals surface area contributed by atoms with Gasteiger partial charge in [-0.05, 0) is 110 Å². The number of benzene rings is 1. The number of nitrogens with zero attached hydrogens (tertiary/aromatic N) is 2. The first kappa shape index (κ1) is 26.7. The number of carbonyl (C=O) groups is 2. The molecule has 0 aliphatic heterocycles. The lowest BCUT2D eigenvalue weighted by Crippen LogP contribution is -2.62. The Morgan fingerprint density at radius 1 is 1.20 bits per heavy atom. The number of esters is 1. The van der Waals surface area contributed by atoms with Crippen molar-refractivity contribution in [2.24, 2.45) is 28.6 Å². The fourth-order valence-corrected chi connectivity index (χ4v) is 9.54. The Kier molecular flexibility index (Phi) is 5.97. The number of allylic oxidation sites excluding steroid dienone is 1. The van der Waals surface area contributed by atoms with E-state index in [4.69, 9.17) is 9.15 Å². The summed E-state index contributed by atoms with van der Waals surface area (Å²) in [5.41, 5.74) is 1.70. The molecule has 7 atom stereocenters. The maximum absolute atomic E-state index is 13.6. The van der Waals surface area contributed by atoms with Crippen molar-refractivity contribution in [2.45, 2.75) is 64.1 Å². The van der Waals surface area contributed by atoms with Crippen LogP contribution in [0.4, 0.5) is 4.39 Å². The molecule has 3 aromatic rings. The smallest absolute Gasteiger partial charge is 0.375 e. The van der Waals surface area contributed by atoms with Crippen LogP contribution in [-0.4, -0.2) is 37.7 Å². The Bertz CT molecular complexity index is 1560. The van der Waals surface area contributed by atoms with Crippen molar-refractivity contribution in [3.05, 3.63) is 77.3 Å². The van der Waals surface area contributed by atoms with Crippen LogP contribution in [-0.2, 0) is 16.0 Å². The van der Waals surface area contributed by atoms with E-state index in [1.54, 1.807) is 18.2 Å². The lowest BCUT2D eigenvalue weighted by molar-refractivity contribution is -0.174. The molecule has 214 valence electrons. The summed E-state index contributed by atoms with van der Waals surface area (Å²) in [4.78, 5) is 26.2. The molecule has 0 saturated heterocycles. The number of furan rings is 1. The van der Waals surface area contributed by atoms with Crippen LogP contribution in [0.5, 0.6) is 0 Å². The molecule has 3 saturated carbocycles. The molecule has 9 heteroatoms. The van der Waals surface area contributed by atoms with Crippen LogP contribution in [0.1, 0.15) is 67.8 Å². The SMILES string of the molecule is C[C@]12Cc3cnn(-c4ccc(F)cc4)c3C=C1CC[C@@H]1[C@@H]2[C@@H](O)C[C@@]2(C)[C@H]1CC[C@]2(OC(=O)c1ccco1)C(=O)S. The molecule has 0 radical (unpaired) electrons. The summed E-state index contributed by atoms with van der Waals surface area (Å²) in [6, 6.07) is 9.45. The van der Waals surface area contributed by atoms with Crippen molar-refractivity contribution in [2.75, 3.05) is 0 Å². The normalized spacial score (nSPS) is 35.5. The predicted octanol–water partition coefficient (Wildman–Crippen LogP) is 5.81. The van der Waals surface area contributed by atoms with E-state index in [1.165, 1.54) is 30.0 Å². The van der Waals surface area contributed by atoms with Gasteiger partial charge in [0.05, 0.1) is 29.9 Å². The number of ether oxygens (including phenoxy) is 1. The fourth-order valence-electron chi connectivity index (χ4n) is 9.13. The number of halogens is 1.